The van der Waals surface area contributed by atoms with Gasteiger partial charge in [0.1, 0.15) is 0 Å². The van der Waals surface area contributed by atoms with Crippen molar-refractivity contribution >= 4 is 10.0 Å². The van der Waals surface area contributed by atoms with E-state index < -0.39 is 15.6 Å². The minimum atomic E-state index is -3.70. The number of nitrogens with two attached hydrogens (primary N) is 1. The highest BCUT2D eigenvalue weighted by molar-refractivity contribution is 7.89. The zero-order valence-electron chi connectivity index (χ0n) is 11.4. The van der Waals surface area contributed by atoms with Crippen molar-refractivity contribution in [3.05, 3.63) is 48.2 Å². The minimum Gasteiger partial charge on any atom is -0.328 e. The SMILES string of the molecule is Cn1nccc1S(=O)(=O)NC(C)(CN)c1ccccc1. The number of nitrogens with one attached hydrogen (secondary N) is 1. The van der Waals surface area contributed by atoms with Crippen LogP contribution in [0.25, 0.3) is 0 Å². The van der Waals surface area contributed by atoms with Gasteiger partial charge in [0.2, 0.25) is 0 Å². The van der Waals surface area contributed by atoms with Gasteiger partial charge in [0, 0.05) is 13.6 Å². The summed E-state index contributed by atoms with van der Waals surface area (Å²) in [5, 5.41) is 3.98. The maximum Gasteiger partial charge on any atom is 0.258 e. The second-order valence-corrected chi connectivity index (χ2v) is 6.43. The first-order chi connectivity index (χ1) is 9.39. The normalized spacial score (nSPS) is 14.9. The van der Waals surface area contributed by atoms with Crippen molar-refractivity contribution in [2.75, 3.05) is 6.54 Å². The molecule has 6 nitrogen and oxygen atoms in total. The Morgan fingerprint density at radius 2 is 1.95 bits per heavy atom. The summed E-state index contributed by atoms with van der Waals surface area (Å²) in [5.74, 6) is 0. The second kappa shape index (κ2) is 5.35. The number of sulfonamides is 1. The molecular weight excluding hydrogens is 276 g/mol. The summed E-state index contributed by atoms with van der Waals surface area (Å²) >= 11 is 0. The highest BCUT2D eigenvalue weighted by Gasteiger charge is 2.32. The van der Waals surface area contributed by atoms with Gasteiger partial charge in [-0.25, -0.2) is 8.42 Å². The van der Waals surface area contributed by atoms with Crippen LogP contribution in [-0.2, 0) is 22.6 Å². The van der Waals surface area contributed by atoms with E-state index in [4.69, 9.17) is 5.73 Å². The molecule has 2 aromatic rings. The molecule has 0 aliphatic carbocycles. The summed E-state index contributed by atoms with van der Waals surface area (Å²) < 4.78 is 28.8. The van der Waals surface area contributed by atoms with E-state index in [2.05, 4.69) is 9.82 Å². The molecule has 108 valence electrons. The molecule has 0 fully saturated rings. The number of hydrogen-bond acceptors (Lipinski definition) is 4. The summed E-state index contributed by atoms with van der Waals surface area (Å²) in [6.07, 6.45) is 1.44. The molecule has 0 aliphatic rings. The molecule has 7 heteroatoms. The van der Waals surface area contributed by atoms with E-state index in [1.54, 1.807) is 14.0 Å². The molecule has 20 heavy (non-hydrogen) atoms. The van der Waals surface area contributed by atoms with Crippen LogP contribution in [-0.4, -0.2) is 24.7 Å². The van der Waals surface area contributed by atoms with Crippen LogP contribution < -0.4 is 10.5 Å². The van der Waals surface area contributed by atoms with Crippen molar-refractivity contribution in [3.8, 4) is 0 Å². The fraction of sp³-hybridized carbons (Fsp3) is 0.308. The number of benzene rings is 1. The second-order valence-electron chi connectivity index (χ2n) is 4.80. The van der Waals surface area contributed by atoms with Gasteiger partial charge in [-0.3, -0.25) is 4.68 Å². The lowest BCUT2D eigenvalue weighted by molar-refractivity contribution is 0.438. The van der Waals surface area contributed by atoms with Crippen LogP contribution in [0.3, 0.4) is 0 Å². The maximum absolute atomic E-state index is 12.4. The number of rotatable bonds is 5. The van der Waals surface area contributed by atoms with Crippen molar-refractivity contribution in [1.82, 2.24) is 14.5 Å². The molecular formula is C13H18N4O2S. The van der Waals surface area contributed by atoms with Gasteiger partial charge in [0.15, 0.2) is 5.03 Å². The van der Waals surface area contributed by atoms with Crippen LogP contribution in [0.5, 0.6) is 0 Å². The van der Waals surface area contributed by atoms with Gasteiger partial charge in [-0.1, -0.05) is 30.3 Å². The molecule has 0 amide bonds. The third kappa shape index (κ3) is 2.74. The lowest BCUT2D eigenvalue weighted by atomic mass is 9.94. The number of aromatic nitrogens is 2. The Balaban J connectivity index is 2.38. The van der Waals surface area contributed by atoms with E-state index in [0.29, 0.717) is 0 Å². The zero-order valence-corrected chi connectivity index (χ0v) is 12.3. The Morgan fingerprint density at radius 3 is 2.45 bits per heavy atom. The van der Waals surface area contributed by atoms with Crippen LogP contribution in [0.1, 0.15) is 12.5 Å². The minimum absolute atomic E-state index is 0.105. The predicted octanol–water partition coefficient (Wildman–Crippen LogP) is 0.573. The summed E-state index contributed by atoms with van der Waals surface area (Å²) in [7, 11) is -2.11. The first-order valence-corrected chi connectivity index (χ1v) is 7.65. The molecule has 1 aromatic heterocycles. The van der Waals surface area contributed by atoms with Crippen molar-refractivity contribution in [2.24, 2.45) is 12.8 Å². The maximum atomic E-state index is 12.4. The van der Waals surface area contributed by atoms with Crippen molar-refractivity contribution in [1.29, 1.82) is 0 Å². The standard InChI is InChI=1S/C13H18N4O2S/c1-13(10-14,11-6-4-3-5-7-11)16-20(18,19)12-8-9-15-17(12)2/h3-9,16H,10,14H2,1-2H3. The summed E-state index contributed by atoms with van der Waals surface area (Å²) in [4.78, 5) is 0. The van der Waals surface area contributed by atoms with E-state index in [1.807, 2.05) is 30.3 Å². The zero-order chi connectivity index (χ0) is 14.8. The lowest BCUT2D eigenvalue weighted by Gasteiger charge is -2.29. The molecule has 0 saturated heterocycles. The Labute approximate surface area is 118 Å². The average molecular weight is 294 g/mol. The van der Waals surface area contributed by atoms with Crippen LogP contribution in [0.2, 0.25) is 0 Å². The van der Waals surface area contributed by atoms with E-state index in [1.165, 1.54) is 16.9 Å². The highest BCUT2D eigenvalue weighted by Crippen LogP contribution is 2.22. The largest absolute Gasteiger partial charge is 0.328 e. The Morgan fingerprint density at radius 1 is 1.30 bits per heavy atom. The quantitative estimate of drug-likeness (QED) is 0.843. The summed E-state index contributed by atoms with van der Waals surface area (Å²) in [6, 6.07) is 10.7. The third-order valence-electron chi connectivity index (χ3n) is 3.23. The van der Waals surface area contributed by atoms with Gasteiger partial charge in [-0.05, 0) is 18.6 Å². The molecule has 0 radical (unpaired) electrons. The first-order valence-electron chi connectivity index (χ1n) is 6.17. The lowest BCUT2D eigenvalue weighted by Crippen LogP contribution is -2.49. The van der Waals surface area contributed by atoms with Crippen LogP contribution in [0, 0.1) is 0 Å². The molecule has 1 atom stereocenters. The molecule has 0 saturated carbocycles. The van der Waals surface area contributed by atoms with Gasteiger partial charge in [0.25, 0.3) is 10.0 Å². The van der Waals surface area contributed by atoms with E-state index in [0.717, 1.165) is 5.56 Å². The Hall–Kier alpha value is -1.70. The molecule has 3 N–H and O–H groups in total. The molecule has 1 heterocycles. The van der Waals surface area contributed by atoms with E-state index >= 15 is 0 Å². The average Bonchev–Trinajstić information content (AvgIpc) is 2.86. The molecule has 0 spiro atoms. The number of aryl methyl sites for hydroxylation is 1. The van der Waals surface area contributed by atoms with Gasteiger partial charge in [-0.2, -0.15) is 9.82 Å². The smallest absolute Gasteiger partial charge is 0.258 e. The topological polar surface area (TPSA) is 90.0 Å². The van der Waals surface area contributed by atoms with Gasteiger partial charge < -0.3 is 5.73 Å². The Bertz CT molecular complexity index is 681. The van der Waals surface area contributed by atoms with Gasteiger partial charge in [-0.15, -0.1) is 0 Å². The molecule has 0 aliphatic heterocycles. The first kappa shape index (κ1) is 14.7. The molecule has 0 bridgehead atoms. The van der Waals surface area contributed by atoms with Gasteiger partial charge in [0.05, 0.1) is 11.7 Å². The fourth-order valence-electron chi connectivity index (χ4n) is 2.00. The van der Waals surface area contributed by atoms with Gasteiger partial charge >= 0.3 is 0 Å². The van der Waals surface area contributed by atoms with Crippen LogP contribution in [0.15, 0.2) is 47.6 Å². The van der Waals surface area contributed by atoms with Crippen molar-refractivity contribution in [2.45, 2.75) is 17.5 Å². The highest BCUT2D eigenvalue weighted by atomic mass is 32.2. The predicted molar refractivity (Wildman–Crippen MR) is 76.4 cm³/mol. The molecule has 2 rings (SSSR count). The molecule has 1 aromatic carbocycles. The van der Waals surface area contributed by atoms with Crippen LogP contribution >= 0.6 is 0 Å². The number of hydrogen-bond donors (Lipinski definition) is 2. The van der Waals surface area contributed by atoms with Crippen molar-refractivity contribution in [3.63, 3.8) is 0 Å². The van der Waals surface area contributed by atoms with E-state index in [-0.39, 0.29) is 11.6 Å². The fourth-order valence-corrected chi connectivity index (χ4v) is 3.53. The third-order valence-corrected chi connectivity index (χ3v) is 4.90. The molecule has 1 unspecified atom stereocenters. The number of nitrogens with zero attached hydrogens (tertiary/aromatic N) is 2. The summed E-state index contributed by atoms with van der Waals surface area (Å²) in [6.45, 7) is 1.91. The van der Waals surface area contributed by atoms with Crippen LogP contribution in [0.4, 0.5) is 0 Å². The van der Waals surface area contributed by atoms with E-state index in [9.17, 15) is 8.42 Å². The van der Waals surface area contributed by atoms with Crippen molar-refractivity contribution < 1.29 is 8.42 Å². The Kier molecular flexibility index (Phi) is 3.94. The monoisotopic (exact) mass is 294 g/mol. The summed E-state index contributed by atoms with van der Waals surface area (Å²) in [5.41, 5.74) is 5.73.